The number of aromatic nitrogens is 1. The summed E-state index contributed by atoms with van der Waals surface area (Å²) in [5, 5.41) is 0. The molecule has 0 atom stereocenters. The number of carbonyl (C=O) groups is 1. The first-order valence-electron chi connectivity index (χ1n) is 8.40. The smallest absolute Gasteiger partial charge is 0.275 e. The molecule has 1 aromatic heterocycles. The minimum absolute atomic E-state index is 0.122. The van der Waals surface area contributed by atoms with E-state index in [-0.39, 0.29) is 25.0 Å². The van der Waals surface area contributed by atoms with Crippen LogP contribution in [0.4, 0.5) is 0 Å². The topological polar surface area (TPSA) is 77.3 Å². The van der Waals surface area contributed by atoms with E-state index in [4.69, 9.17) is 18.6 Å². The molecule has 1 aliphatic heterocycles. The Hall–Kier alpha value is -2.74. The highest BCUT2D eigenvalue weighted by molar-refractivity contribution is 5.91. The van der Waals surface area contributed by atoms with Gasteiger partial charge in [-0.05, 0) is 39.2 Å². The van der Waals surface area contributed by atoms with Gasteiger partial charge in [0.05, 0.1) is 0 Å². The van der Waals surface area contributed by atoms with Gasteiger partial charge in [-0.2, -0.15) is 0 Å². The van der Waals surface area contributed by atoms with Crippen LogP contribution in [-0.2, 0) is 6.61 Å². The highest BCUT2D eigenvalue weighted by atomic mass is 16.7. The second kappa shape index (κ2) is 8.09. The Morgan fingerprint density at radius 1 is 1.19 bits per heavy atom. The van der Waals surface area contributed by atoms with Gasteiger partial charge in [0.25, 0.3) is 5.91 Å². The summed E-state index contributed by atoms with van der Waals surface area (Å²) in [6, 6.07) is 5.31. The van der Waals surface area contributed by atoms with Gasteiger partial charge in [-0.15, -0.1) is 0 Å². The van der Waals surface area contributed by atoms with Crippen molar-refractivity contribution < 1.29 is 23.4 Å². The lowest BCUT2D eigenvalue weighted by Gasteiger charge is -2.17. The number of oxazole rings is 1. The minimum atomic E-state index is -0.165. The lowest BCUT2D eigenvalue weighted by molar-refractivity contribution is 0.0784. The Morgan fingerprint density at radius 2 is 2.00 bits per heavy atom. The van der Waals surface area contributed by atoms with Gasteiger partial charge >= 0.3 is 0 Å². The quantitative estimate of drug-likeness (QED) is 0.712. The van der Waals surface area contributed by atoms with E-state index in [1.807, 2.05) is 14.1 Å². The van der Waals surface area contributed by atoms with Crippen molar-refractivity contribution in [1.29, 1.82) is 0 Å². The van der Waals surface area contributed by atoms with Gasteiger partial charge in [0, 0.05) is 19.7 Å². The van der Waals surface area contributed by atoms with E-state index in [1.54, 1.807) is 30.1 Å². The molecule has 8 nitrogen and oxygen atoms in total. The summed E-state index contributed by atoms with van der Waals surface area (Å²) in [4.78, 5) is 20.3. The first kappa shape index (κ1) is 18.1. The van der Waals surface area contributed by atoms with Gasteiger partial charge in [-0.25, -0.2) is 4.98 Å². The number of hydrogen-bond donors (Lipinski definition) is 0. The number of hydrogen-bond acceptors (Lipinski definition) is 7. The van der Waals surface area contributed by atoms with E-state index in [9.17, 15) is 4.79 Å². The first-order chi connectivity index (χ1) is 12.5. The fourth-order valence-corrected chi connectivity index (χ4v) is 2.51. The molecule has 2 heterocycles. The summed E-state index contributed by atoms with van der Waals surface area (Å²) in [5.41, 5.74) is 0.279. The molecule has 0 fully saturated rings. The van der Waals surface area contributed by atoms with E-state index in [0.29, 0.717) is 29.7 Å². The number of ether oxygens (including phenoxy) is 3. The fraction of sp³-hybridized carbons (Fsp3) is 0.444. The fourth-order valence-electron chi connectivity index (χ4n) is 2.51. The van der Waals surface area contributed by atoms with Crippen LogP contribution in [0.1, 0.15) is 22.8 Å². The van der Waals surface area contributed by atoms with Crippen LogP contribution in [-0.4, -0.2) is 61.7 Å². The summed E-state index contributed by atoms with van der Waals surface area (Å²) < 4.78 is 21.5. The maximum absolute atomic E-state index is 12.4. The average Bonchev–Trinajstić information content (AvgIpc) is 3.27. The van der Waals surface area contributed by atoms with Gasteiger partial charge in [0.2, 0.25) is 12.7 Å². The molecule has 1 aliphatic rings. The summed E-state index contributed by atoms with van der Waals surface area (Å²) in [7, 11) is 5.77. The van der Waals surface area contributed by atoms with Crippen LogP contribution < -0.4 is 14.2 Å². The molecule has 0 aliphatic carbocycles. The van der Waals surface area contributed by atoms with Crippen LogP contribution in [0.25, 0.3) is 0 Å². The van der Waals surface area contributed by atoms with E-state index in [1.165, 1.54) is 6.26 Å². The number of rotatable bonds is 8. The molecule has 0 unspecified atom stereocenters. The molecule has 8 heteroatoms. The first-order valence-corrected chi connectivity index (χ1v) is 8.40. The Balaban J connectivity index is 1.52. The predicted molar refractivity (Wildman–Crippen MR) is 93.5 cm³/mol. The average molecular weight is 361 g/mol. The van der Waals surface area contributed by atoms with Gasteiger partial charge in [0.1, 0.15) is 12.0 Å². The molecule has 0 N–H and O–H groups in total. The molecule has 0 spiro atoms. The molecular weight excluding hydrogens is 338 g/mol. The maximum atomic E-state index is 12.4. The molecule has 1 aromatic carbocycles. The Morgan fingerprint density at radius 3 is 2.81 bits per heavy atom. The van der Waals surface area contributed by atoms with Gasteiger partial charge in [-0.1, -0.05) is 0 Å². The minimum Gasteiger partial charge on any atom is -0.484 e. The molecular formula is C18H23N3O5. The standard InChI is InChI=1S/C18H23N3O5/c1-20(2)7-4-8-21(3)18(22)14-10-24-17(19-14)11-23-13-5-6-15-16(9-13)26-12-25-15/h5-6,9-10H,4,7-8,11-12H2,1-3H3. The monoisotopic (exact) mass is 361 g/mol. The zero-order chi connectivity index (χ0) is 18.5. The molecule has 0 saturated heterocycles. The van der Waals surface area contributed by atoms with Gasteiger partial charge < -0.3 is 28.4 Å². The third kappa shape index (κ3) is 4.45. The summed E-state index contributed by atoms with van der Waals surface area (Å²) in [6.45, 7) is 1.92. The SMILES string of the molecule is CN(C)CCCN(C)C(=O)c1coc(COc2ccc3c(c2)OCO3)n1. The van der Waals surface area contributed by atoms with Crippen molar-refractivity contribution in [1.82, 2.24) is 14.8 Å². The van der Waals surface area contributed by atoms with E-state index in [2.05, 4.69) is 9.88 Å². The highest BCUT2D eigenvalue weighted by Crippen LogP contribution is 2.35. The molecule has 0 radical (unpaired) electrons. The van der Waals surface area contributed by atoms with Gasteiger partial charge in [-0.3, -0.25) is 4.79 Å². The molecule has 0 saturated carbocycles. The Bertz CT molecular complexity index is 759. The van der Waals surface area contributed by atoms with Crippen LogP contribution in [0.5, 0.6) is 17.2 Å². The van der Waals surface area contributed by atoms with Crippen molar-refractivity contribution in [3.63, 3.8) is 0 Å². The van der Waals surface area contributed by atoms with Gasteiger partial charge in [0.15, 0.2) is 23.8 Å². The number of amides is 1. The lowest BCUT2D eigenvalue weighted by atomic mass is 10.3. The van der Waals surface area contributed by atoms with Crippen LogP contribution in [0.2, 0.25) is 0 Å². The summed E-state index contributed by atoms with van der Waals surface area (Å²) >= 11 is 0. The lowest BCUT2D eigenvalue weighted by Crippen LogP contribution is -2.30. The van der Waals surface area contributed by atoms with Crippen LogP contribution >= 0.6 is 0 Å². The van der Waals surface area contributed by atoms with Crippen molar-refractivity contribution in [3.8, 4) is 17.2 Å². The number of nitrogens with zero attached hydrogens (tertiary/aromatic N) is 3. The second-order valence-electron chi connectivity index (χ2n) is 6.31. The number of fused-ring (bicyclic) bond motifs is 1. The van der Waals surface area contributed by atoms with Crippen molar-refractivity contribution in [2.75, 3.05) is 41.0 Å². The van der Waals surface area contributed by atoms with Crippen LogP contribution in [0.15, 0.2) is 28.9 Å². The van der Waals surface area contributed by atoms with E-state index >= 15 is 0 Å². The molecule has 140 valence electrons. The molecule has 2 aromatic rings. The zero-order valence-corrected chi connectivity index (χ0v) is 15.2. The number of benzene rings is 1. The van der Waals surface area contributed by atoms with E-state index < -0.39 is 0 Å². The number of carbonyl (C=O) groups excluding carboxylic acids is 1. The summed E-state index contributed by atoms with van der Waals surface area (Å²) in [6.07, 6.45) is 2.26. The third-order valence-corrected chi connectivity index (χ3v) is 3.92. The molecule has 0 bridgehead atoms. The van der Waals surface area contributed by atoms with Crippen LogP contribution in [0.3, 0.4) is 0 Å². The maximum Gasteiger partial charge on any atom is 0.275 e. The second-order valence-corrected chi connectivity index (χ2v) is 6.31. The Kier molecular flexibility index (Phi) is 5.62. The van der Waals surface area contributed by atoms with Crippen LogP contribution in [0, 0.1) is 0 Å². The Labute approximate surface area is 152 Å². The van der Waals surface area contributed by atoms with E-state index in [0.717, 1.165) is 13.0 Å². The summed E-state index contributed by atoms with van der Waals surface area (Å²) in [5.74, 6) is 2.12. The molecule has 3 rings (SSSR count). The highest BCUT2D eigenvalue weighted by Gasteiger charge is 2.17. The predicted octanol–water partition coefficient (Wildman–Crippen LogP) is 2.01. The normalized spacial score (nSPS) is 12.5. The van der Waals surface area contributed by atoms with Crippen molar-refractivity contribution in [3.05, 3.63) is 36.0 Å². The van der Waals surface area contributed by atoms with Crippen molar-refractivity contribution in [2.45, 2.75) is 13.0 Å². The third-order valence-electron chi connectivity index (χ3n) is 3.92. The largest absolute Gasteiger partial charge is 0.484 e. The molecule has 26 heavy (non-hydrogen) atoms. The molecule has 1 amide bonds. The van der Waals surface area contributed by atoms with Crippen molar-refractivity contribution >= 4 is 5.91 Å². The zero-order valence-electron chi connectivity index (χ0n) is 15.2. The van der Waals surface area contributed by atoms with Crippen molar-refractivity contribution in [2.24, 2.45) is 0 Å².